The summed E-state index contributed by atoms with van der Waals surface area (Å²) in [5.74, 6) is -2.59. The molecule has 1 aliphatic rings. The molecular formula is C16H11ClFNO5S. The van der Waals surface area contributed by atoms with Crippen LogP contribution in [0.4, 0.5) is 4.39 Å². The molecule has 0 N–H and O–H groups in total. The van der Waals surface area contributed by atoms with E-state index in [0.29, 0.717) is 4.31 Å². The maximum Gasteiger partial charge on any atom is 0.342 e. The second-order valence-electron chi connectivity index (χ2n) is 5.11. The fraction of sp³-hybridized carbons (Fsp3) is 0.125. The molecule has 0 aromatic heterocycles. The Morgan fingerprint density at radius 1 is 1.16 bits per heavy atom. The molecule has 3 rings (SSSR count). The van der Waals surface area contributed by atoms with Gasteiger partial charge in [0, 0.05) is 0 Å². The highest BCUT2D eigenvalue weighted by atomic mass is 35.5. The summed E-state index contributed by atoms with van der Waals surface area (Å²) < 4.78 is 43.8. The summed E-state index contributed by atoms with van der Waals surface area (Å²) in [6, 6.07) is 9.50. The first-order valence-electron chi connectivity index (χ1n) is 7.11. The van der Waals surface area contributed by atoms with Crippen LogP contribution in [0.1, 0.15) is 20.7 Å². The lowest BCUT2D eigenvalue weighted by Crippen LogP contribution is -2.33. The topological polar surface area (TPSA) is 80.8 Å². The van der Waals surface area contributed by atoms with Crippen molar-refractivity contribution in [2.45, 2.75) is 4.90 Å². The van der Waals surface area contributed by atoms with Gasteiger partial charge in [-0.3, -0.25) is 4.79 Å². The fourth-order valence-electron chi connectivity index (χ4n) is 2.44. The highest BCUT2D eigenvalue weighted by Gasteiger charge is 2.40. The number of esters is 1. The minimum Gasteiger partial charge on any atom is -0.460 e. The van der Waals surface area contributed by atoms with E-state index in [1.807, 2.05) is 0 Å². The first-order chi connectivity index (χ1) is 11.8. The zero-order valence-electron chi connectivity index (χ0n) is 12.6. The van der Waals surface area contributed by atoms with Crippen LogP contribution in [0.3, 0.4) is 0 Å². The van der Waals surface area contributed by atoms with Crippen molar-refractivity contribution in [3.05, 3.63) is 64.4 Å². The number of rotatable bonds is 4. The van der Waals surface area contributed by atoms with E-state index in [1.165, 1.54) is 30.3 Å². The van der Waals surface area contributed by atoms with Crippen LogP contribution in [-0.2, 0) is 14.8 Å². The van der Waals surface area contributed by atoms with Crippen LogP contribution < -0.4 is 0 Å². The molecular weight excluding hydrogens is 373 g/mol. The van der Waals surface area contributed by atoms with Gasteiger partial charge in [-0.1, -0.05) is 29.8 Å². The van der Waals surface area contributed by atoms with Gasteiger partial charge < -0.3 is 4.74 Å². The van der Waals surface area contributed by atoms with E-state index in [1.54, 1.807) is 6.07 Å². The molecule has 0 saturated heterocycles. The number of benzene rings is 2. The Kier molecular flexibility index (Phi) is 4.49. The Morgan fingerprint density at radius 3 is 2.56 bits per heavy atom. The lowest BCUT2D eigenvalue weighted by Gasteiger charge is -2.15. The number of ether oxygens (including phenoxy) is 1. The van der Waals surface area contributed by atoms with Gasteiger partial charge in [0.25, 0.3) is 15.9 Å². The zero-order valence-corrected chi connectivity index (χ0v) is 14.2. The Hall–Kier alpha value is -2.45. The van der Waals surface area contributed by atoms with Crippen molar-refractivity contribution in [2.24, 2.45) is 0 Å². The van der Waals surface area contributed by atoms with E-state index in [-0.39, 0.29) is 22.0 Å². The number of carbonyl (C=O) groups is 2. The second kappa shape index (κ2) is 6.45. The summed E-state index contributed by atoms with van der Waals surface area (Å²) in [5.41, 5.74) is -0.381. The summed E-state index contributed by atoms with van der Waals surface area (Å²) >= 11 is 5.76. The molecule has 2 aromatic carbocycles. The van der Waals surface area contributed by atoms with E-state index < -0.39 is 39.9 Å². The lowest BCUT2D eigenvalue weighted by atomic mass is 10.2. The molecule has 1 amide bonds. The van der Waals surface area contributed by atoms with Crippen LogP contribution in [0.15, 0.2) is 47.4 Å². The average Bonchev–Trinajstić information content (AvgIpc) is 2.76. The van der Waals surface area contributed by atoms with Gasteiger partial charge in [-0.15, -0.1) is 0 Å². The SMILES string of the molecule is O=C(OCCN1C(=O)c2ccccc2S1(=O)=O)c1c(F)cccc1Cl. The third-order valence-electron chi connectivity index (χ3n) is 3.61. The van der Waals surface area contributed by atoms with E-state index in [2.05, 4.69) is 0 Å². The summed E-state index contributed by atoms with van der Waals surface area (Å²) in [7, 11) is -3.98. The first kappa shape index (κ1) is 17.4. The van der Waals surface area contributed by atoms with Gasteiger partial charge in [0.15, 0.2) is 0 Å². The monoisotopic (exact) mass is 383 g/mol. The Morgan fingerprint density at radius 2 is 1.88 bits per heavy atom. The van der Waals surface area contributed by atoms with Crippen LogP contribution in [0.2, 0.25) is 5.02 Å². The fourth-order valence-corrected chi connectivity index (χ4v) is 4.23. The van der Waals surface area contributed by atoms with Crippen LogP contribution in [-0.4, -0.2) is 37.8 Å². The number of hydrogen-bond donors (Lipinski definition) is 0. The summed E-state index contributed by atoms with van der Waals surface area (Å²) in [5, 5.41) is -0.123. The number of sulfonamides is 1. The van der Waals surface area contributed by atoms with Crippen molar-refractivity contribution in [3.8, 4) is 0 Å². The maximum absolute atomic E-state index is 13.6. The molecule has 1 heterocycles. The second-order valence-corrected chi connectivity index (χ2v) is 7.35. The van der Waals surface area contributed by atoms with E-state index in [4.69, 9.17) is 16.3 Å². The zero-order chi connectivity index (χ0) is 18.2. The number of amides is 1. The number of fused-ring (bicyclic) bond motifs is 1. The number of halogens is 2. The molecule has 0 saturated carbocycles. The molecule has 0 aliphatic carbocycles. The van der Waals surface area contributed by atoms with Crippen molar-refractivity contribution >= 4 is 33.5 Å². The number of nitrogens with zero attached hydrogens (tertiary/aromatic N) is 1. The average molecular weight is 384 g/mol. The number of hydrogen-bond acceptors (Lipinski definition) is 5. The van der Waals surface area contributed by atoms with Gasteiger partial charge in [0.05, 0.1) is 17.1 Å². The molecule has 6 nitrogen and oxygen atoms in total. The van der Waals surface area contributed by atoms with Crippen molar-refractivity contribution in [1.29, 1.82) is 0 Å². The first-order valence-corrected chi connectivity index (χ1v) is 8.93. The molecule has 0 spiro atoms. The number of carbonyl (C=O) groups excluding carboxylic acids is 2. The van der Waals surface area contributed by atoms with Crippen molar-refractivity contribution < 1.29 is 27.1 Å². The quantitative estimate of drug-likeness (QED) is 0.758. The lowest BCUT2D eigenvalue weighted by molar-refractivity contribution is 0.0473. The van der Waals surface area contributed by atoms with Gasteiger partial charge >= 0.3 is 5.97 Å². The molecule has 0 bridgehead atoms. The van der Waals surface area contributed by atoms with Gasteiger partial charge in [-0.05, 0) is 24.3 Å². The molecule has 130 valence electrons. The van der Waals surface area contributed by atoms with Crippen molar-refractivity contribution in [1.82, 2.24) is 4.31 Å². The molecule has 1 aliphatic heterocycles. The predicted octanol–water partition coefficient (Wildman–Crippen LogP) is 2.48. The van der Waals surface area contributed by atoms with Gasteiger partial charge in [-0.2, -0.15) is 0 Å². The maximum atomic E-state index is 13.6. The highest BCUT2D eigenvalue weighted by Crippen LogP contribution is 2.29. The normalized spacial score (nSPS) is 15.1. The molecule has 25 heavy (non-hydrogen) atoms. The molecule has 2 aromatic rings. The standard InChI is InChI=1S/C16H11ClFNO5S/c17-11-5-3-6-12(18)14(11)16(21)24-9-8-19-15(20)10-4-1-2-7-13(10)25(19,22)23/h1-7H,8-9H2. The minimum absolute atomic E-state index is 0.0611. The van der Waals surface area contributed by atoms with E-state index in [9.17, 15) is 22.4 Å². The minimum atomic E-state index is -3.98. The van der Waals surface area contributed by atoms with Crippen LogP contribution >= 0.6 is 11.6 Å². The largest absolute Gasteiger partial charge is 0.460 e. The molecule has 0 radical (unpaired) electrons. The van der Waals surface area contributed by atoms with Gasteiger partial charge in [-0.25, -0.2) is 21.9 Å². The molecule has 0 atom stereocenters. The highest BCUT2D eigenvalue weighted by molar-refractivity contribution is 7.90. The van der Waals surface area contributed by atoms with E-state index >= 15 is 0 Å². The van der Waals surface area contributed by atoms with Crippen LogP contribution in [0, 0.1) is 5.82 Å². The van der Waals surface area contributed by atoms with E-state index in [0.717, 1.165) is 6.07 Å². The summed E-state index contributed by atoms with van der Waals surface area (Å²) in [6.07, 6.45) is 0. The molecule has 0 unspecified atom stereocenters. The Balaban J connectivity index is 1.71. The predicted molar refractivity (Wildman–Crippen MR) is 86.4 cm³/mol. The summed E-state index contributed by atoms with van der Waals surface area (Å²) in [4.78, 5) is 24.0. The van der Waals surface area contributed by atoms with Crippen molar-refractivity contribution in [3.63, 3.8) is 0 Å². The van der Waals surface area contributed by atoms with Crippen LogP contribution in [0.5, 0.6) is 0 Å². The van der Waals surface area contributed by atoms with Gasteiger partial charge in [0.2, 0.25) is 0 Å². The third kappa shape index (κ3) is 2.98. The van der Waals surface area contributed by atoms with Gasteiger partial charge in [0.1, 0.15) is 22.9 Å². The molecule has 0 fully saturated rings. The third-order valence-corrected chi connectivity index (χ3v) is 5.76. The summed E-state index contributed by atoms with van der Waals surface area (Å²) in [6.45, 7) is -0.809. The Bertz CT molecular complexity index is 956. The van der Waals surface area contributed by atoms with Crippen molar-refractivity contribution in [2.75, 3.05) is 13.2 Å². The smallest absolute Gasteiger partial charge is 0.342 e. The van der Waals surface area contributed by atoms with Crippen LogP contribution in [0.25, 0.3) is 0 Å². The Labute approximate surface area is 147 Å². The molecule has 9 heteroatoms.